The summed E-state index contributed by atoms with van der Waals surface area (Å²) in [5.41, 5.74) is 10.2. The molecular weight excluding hydrogens is 275 g/mol. The van der Waals surface area contributed by atoms with Crippen LogP contribution in [0, 0.1) is 25.6 Å². The molecule has 0 saturated heterocycles. The van der Waals surface area contributed by atoms with Crippen molar-refractivity contribution in [1.29, 1.82) is 0 Å². The lowest BCUT2D eigenvalue weighted by molar-refractivity contribution is 0.583. The van der Waals surface area contributed by atoms with Crippen LogP contribution in [0.3, 0.4) is 0 Å². The second-order valence-electron chi connectivity index (χ2n) is 6.34. The third-order valence-electron chi connectivity index (χ3n) is 4.33. The highest BCUT2D eigenvalue weighted by molar-refractivity contribution is 5.59. The molecule has 0 amide bonds. The molecule has 0 unspecified atom stereocenters. The quantitative estimate of drug-likeness (QED) is 0.873. The van der Waals surface area contributed by atoms with Gasteiger partial charge in [0.05, 0.1) is 5.69 Å². The molecule has 1 saturated carbocycles. The number of nitrogens with two attached hydrogens (primary N) is 1. The molecule has 1 atom stereocenters. The molecule has 1 heterocycles. The first kappa shape index (κ1) is 15.0. The standard InChI is InChI=1S/C19H23FN2/c1-12-4-5-13(2)22(12)17-11-10-16(9-8-15-6-7-15)18(14(3)21)19(17)20/h4-5,8-11,14-15H,6-7,21H2,1-3H3/b9-8+/t14-/m0/s1. The Bertz CT molecular complexity index is 702. The molecule has 22 heavy (non-hydrogen) atoms. The molecule has 0 radical (unpaired) electrons. The SMILES string of the molecule is Cc1ccc(C)n1-c1ccc(/C=C/C2CC2)c([C@H](C)N)c1F. The lowest BCUT2D eigenvalue weighted by Crippen LogP contribution is -2.13. The molecular formula is C19H23FN2. The molecule has 1 fully saturated rings. The van der Waals surface area contributed by atoms with Crippen molar-refractivity contribution >= 4 is 6.08 Å². The maximum absolute atomic E-state index is 15.1. The zero-order chi connectivity index (χ0) is 15.9. The number of halogens is 1. The van der Waals surface area contributed by atoms with Gasteiger partial charge < -0.3 is 10.3 Å². The molecule has 1 aliphatic carbocycles. The van der Waals surface area contributed by atoms with Crippen LogP contribution in [-0.2, 0) is 0 Å². The summed E-state index contributed by atoms with van der Waals surface area (Å²) in [4.78, 5) is 0. The largest absolute Gasteiger partial charge is 0.324 e. The molecule has 1 aromatic carbocycles. The molecule has 1 aromatic heterocycles. The van der Waals surface area contributed by atoms with Crippen LogP contribution in [0.15, 0.2) is 30.3 Å². The van der Waals surface area contributed by atoms with Crippen LogP contribution in [0.2, 0.25) is 0 Å². The molecule has 0 bridgehead atoms. The average molecular weight is 298 g/mol. The van der Waals surface area contributed by atoms with E-state index in [0.717, 1.165) is 17.0 Å². The van der Waals surface area contributed by atoms with Gasteiger partial charge in [-0.25, -0.2) is 4.39 Å². The first-order valence-electron chi connectivity index (χ1n) is 7.90. The van der Waals surface area contributed by atoms with Gasteiger partial charge in [0, 0.05) is 23.0 Å². The maximum atomic E-state index is 15.1. The van der Waals surface area contributed by atoms with E-state index in [1.807, 2.05) is 55.7 Å². The minimum absolute atomic E-state index is 0.213. The molecule has 2 N–H and O–H groups in total. The Morgan fingerprint density at radius 3 is 2.36 bits per heavy atom. The van der Waals surface area contributed by atoms with E-state index in [-0.39, 0.29) is 11.9 Å². The molecule has 1 aliphatic rings. The van der Waals surface area contributed by atoms with E-state index in [1.165, 1.54) is 12.8 Å². The summed E-state index contributed by atoms with van der Waals surface area (Å²) in [6, 6.07) is 7.50. The van der Waals surface area contributed by atoms with Gasteiger partial charge in [0.25, 0.3) is 0 Å². The number of rotatable bonds is 4. The van der Waals surface area contributed by atoms with E-state index in [1.54, 1.807) is 0 Å². The molecule has 0 spiro atoms. The second kappa shape index (κ2) is 5.73. The number of allylic oxidation sites excluding steroid dienone is 1. The van der Waals surface area contributed by atoms with Crippen molar-refractivity contribution < 1.29 is 4.39 Å². The third-order valence-corrected chi connectivity index (χ3v) is 4.33. The highest BCUT2D eigenvalue weighted by atomic mass is 19.1. The maximum Gasteiger partial charge on any atom is 0.152 e. The van der Waals surface area contributed by atoms with Gasteiger partial charge in [-0.2, -0.15) is 0 Å². The van der Waals surface area contributed by atoms with Crippen molar-refractivity contribution in [2.75, 3.05) is 0 Å². The highest BCUT2D eigenvalue weighted by Gasteiger charge is 2.20. The third kappa shape index (κ3) is 2.73. The molecule has 116 valence electrons. The van der Waals surface area contributed by atoms with Crippen molar-refractivity contribution in [3.05, 3.63) is 58.7 Å². The summed E-state index contributed by atoms with van der Waals surface area (Å²) in [5.74, 6) is 0.452. The molecule has 3 rings (SSSR count). The number of hydrogen-bond donors (Lipinski definition) is 1. The van der Waals surface area contributed by atoms with Crippen LogP contribution in [0.5, 0.6) is 0 Å². The van der Waals surface area contributed by atoms with Gasteiger partial charge in [-0.15, -0.1) is 0 Å². The van der Waals surface area contributed by atoms with Crippen LogP contribution < -0.4 is 5.73 Å². The molecule has 2 nitrogen and oxygen atoms in total. The number of aryl methyl sites for hydroxylation is 2. The first-order chi connectivity index (χ1) is 10.5. The minimum atomic E-state index is -0.338. The molecule has 0 aliphatic heterocycles. The topological polar surface area (TPSA) is 30.9 Å². The predicted molar refractivity (Wildman–Crippen MR) is 89.6 cm³/mol. The van der Waals surface area contributed by atoms with Crippen molar-refractivity contribution in [3.63, 3.8) is 0 Å². The minimum Gasteiger partial charge on any atom is -0.324 e. The van der Waals surface area contributed by atoms with Crippen molar-refractivity contribution in [3.8, 4) is 5.69 Å². The van der Waals surface area contributed by atoms with Gasteiger partial charge in [-0.05, 0) is 63.3 Å². The van der Waals surface area contributed by atoms with Gasteiger partial charge in [0.2, 0.25) is 0 Å². The molecule has 2 aromatic rings. The summed E-state index contributed by atoms with van der Waals surface area (Å²) in [5, 5.41) is 0. The van der Waals surface area contributed by atoms with Crippen LogP contribution in [0.1, 0.15) is 48.3 Å². The van der Waals surface area contributed by atoms with E-state index < -0.39 is 0 Å². The summed E-state index contributed by atoms with van der Waals surface area (Å²) in [6.45, 7) is 5.81. The molecule has 3 heteroatoms. The zero-order valence-electron chi connectivity index (χ0n) is 13.4. The average Bonchev–Trinajstić information content (AvgIpc) is 3.23. The summed E-state index contributed by atoms with van der Waals surface area (Å²) in [6.07, 6.45) is 6.68. The summed E-state index contributed by atoms with van der Waals surface area (Å²) < 4.78 is 17.1. The Labute approximate surface area is 131 Å². The Kier molecular flexibility index (Phi) is 3.92. The van der Waals surface area contributed by atoms with Gasteiger partial charge >= 0.3 is 0 Å². The fourth-order valence-electron chi connectivity index (χ4n) is 2.95. The Morgan fingerprint density at radius 2 is 1.82 bits per heavy atom. The lowest BCUT2D eigenvalue weighted by atomic mass is 9.99. The van der Waals surface area contributed by atoms with Crippen LogP contribution in [0.25, 0.3) is 11.8 Å². The number of nitrogens with zero attached hydrogens (tertiary/aromatic N) is 1. The van der Waals surface area contributed by atoms with E-state index in [2.05, 4.69) is 6.08 Å². The van der Waals surface area contributed by atoms with E-state index >= 15 is 4.39 Å². The number of hydrogen-bond acceptors (Lipinski definition) is 1. The zero-order valence-corrected chi connectivity index (χ0v) is 13.4. The Hall–Kier alpha value is -1.87. The van der Waals surface area contributed by atoms with Crippen molar-refractivity contribution in [2.45, 2.75) is 39.7 Å². The summed E-state index contributed by atoms with van der Waals surface area (Å²) in [7, 11) is 0. The Balaban J connectivity index is 2.12. The van der Waals surface area contributed by atoms with Gasteiger partial charge in [-0.3, -0.25) is 0 Å². The first-order valence-corrected chi connectivity index (χ1v) is 7.90. The van der Waals surface area contributed by atoms with Crippen molar-refractivity contribution in [2.24, 2.45) is 11.7 Å². The lowest BCUT2D eigenvalue weighted by Gasteiger charge is -2.17. The fourth-order valence-corrected chi connectivity index (χ4v) is 2.95. The number of aromatic nitrogens is 1. The van der Waals surface area contributed by atoms with Gasteiger partial charge in [-0.1, -0.05) is 18.2 Å². The summed E-state index contributed by atoms with van der Waals surface area (Å²) >= 11 is 0. The van der Waals surface area contributed by atoms with Crippen LogP contribution >= 0.6 is 0 Å². The van der Waals surface area contributed by atoms with Crippen molar-refractivity contribution in [1.82, 2.24) is 4.57 Å². The van der Waals surface area contributed by atoms with Gasteiger partial charge in [0.15, 0.2) is 5.82 Å². The number of benzene rings is 1. The normalized spacial score (nSPS) is 16.4. The fraction of sp³-hybridized carbons (Fsp3) is 0.368. The van der Waals surface area contributed by atoms with Crippen LogP contribution in [-0.4, -0.2) is 4.57 Å². The Morgan fingerprint density at radius 1 is 1.18 bits per heavy atom. The monoisotopic (exact) mass is 298 g/mol. The van der Waals surface area contributed by atoms with Gasteiger partial charge in [0.1, 0.15) is 0 Å². The van der Waals surface area contributed by atoms with Crippen LogP contribution in [0.4, 0.5) is 4.39 Å². The smallest absolute Gasteiger partial charge is 0.152 e. The van der Waals surface area contributed by atoms with E-state index in [4.69, 9.17) is 5.73 Å². The van der Waals surface area contributed by atoms with E-state index in [9.17, 15) is 0 Å². The van der Waals surface area contributed by atoms with E-state index in [0.29, 0.717) is 17.2 Å². The predicted octanol–water partition coefficient (Wildman–Crippen LogP) is 4.68. The highest BCUT2D eigenvalue weighted by Crippen LogP contribution is 2.33. The second-order valence-corrected chi connectivity index (χ2v) is 6.34.